The first-order valence-electron chi connectivity index (χ1n) is 9.64. The van der Waals surface area contributed by atoms with Crippen LogP contribution in [0.2, 0.25) is 0 Å². The first-order valence-corrected chi connectivity index (χ1v) is 11.1. The van der Waals surface area contributed by atoms with Gasteiger partial charge in [0.25, 0.3) is 0 Å². The Morgan fingerprint density at radius 3 is 2.39 bits per heavy atom. The number of carbonyl (C=O) groups excluding carboxylic acids is 2. The number of carbonyl (C=O) groups is 2. The zero-order valence-corrected chi connectivity index (χ0v) is 16.8. The standard InChI is InChI=1S/C19H27N3O5S/c1-14-6-8-17(9-7-14)28(25,26)22-10-2-4-15(22)12-20-18(23)19(24)21-13-16-5-3-11-27-16/h6-9,15-16H,2-5,10-13H2,1H3,(H,20,23)(H,21,24)/t15-,16-/m0/s1. The highest BCUT2D eigenvalue weighted by Crippen LogP contribution is 2.25. The average molecular weight is 410 g/mol. The van der Waals surface area contributed by atoms with E-state index in [4.69, 9.17) is 4.74 Å². The molecule has 2 heterocycles. The molecule has 2 fully saturated rings. The third-order valence-electron chi connectivity index (χ3n) is 5.17. The lowest BCUT2D eigenvalue weighted by Gasteiger charge is -2.24. The van der Waals surface area contributed by atoms with E-state index < -0.39 is 21.8 Å². The van der Waals surface area contributed by atoms with Crippen LogP contribution in [0.4, 0.5) is 0 Å². The third kappa shape index (κ3) is 4.89. The Balaban J connectivity index is 1.53. The maximum Gasteiger partial charge on any atom is 0.309 e. The Kier molecular flexibility index (Phi) is 6.69. The third-order valence-corrected chi connectivity index (χ3v) is 7.14. The van der Waals surface area contributed by atoms with Crippen LogP contribution in [0.25, 0.3) is 0 Å². The molecule has 0 aliphatic carbocycles. The quantitative estimate of drug-likeness (QED) is 0.668. The van der Waals surface area contributed by atoms with Crippen LogP contribution < -0.4 is 10.6 Å². The lowest BCUT2D eigenvalue weighted by Crippen LogP contribution is -2.47. The van der Waals surface area contributed by atoms with Gasteiger partial charge in [0.1, 0.15) is 0 Å². The average Bonchev–Trinajstić information content (AvgIpc) is 3.36. The molecule has 3 rings (SSSR count). The first-order chi connectivity index (χ1) is 13.4. The minimum Gasteiger partial charge on any atom is -0.376 e. The summed E-state index contributed by atoms with van der Waals surface area (Å²) in [6.45, 7) is 3.40. The van der Waals surface area contributed by atoms with Crippen LogP contribution in [-0.2, 0) is 24.3 Å². The van der Waals surface area contributed by atoms with Crippen molar-refractivity contribution in [3.05, 3.63) is 29.8 Å². The molecule has 2 aliphatic rings. The molecule has 2 amide bonds. The molecule has 2 aliphatic heterocycles. The van der Waals surface area contributed by atoms with Crippen molar-refractivity contribution < 1.29 is 22.7 Å². The molecule has 28 heavy (non-hydrogen) atoms. The highest BCUT2D eigenvalue weighted by Gasteiger charge is 2.35. The van der Waals surface area contributed by atoms with Gasteiger partial charge in [0.05, 0.1) is 11.0 Å². The number of nitrogens with one attached hydrogen (secondary N) is 2. The van der Waals surface area contributed by atoms with E-state index in [9.17, 15) is 18.0 Å². The van der Waals surface area contributed by atoms with Crippen LogP contribution in [0.15, 0.2) is 29.2 Å². The molecule has 0 radical (unpaired) electrons. The van der Waals surface area contributed by atoms with E-state index in [2.05, 4.69) is 10.6 Å². The number of aryl methyl sites for hydroxylation is 1. The maximum absolute atomic E-state index is 12.9. The lowest BCUT2D eigenvalue weighted by atomic mass is 10.2. The topological polar surface area (TPSA) is 105 Å². The van der Waals surface area contributed by atoms with Crippen LogP contribution in [0.3, 0.4) is 0 Å². The lowest BCUT2D eigenvalue weighted by molar-refractivity contribution is -0.139. The van der Waals surface area contributed by atoms with Gasteiger partial charge in [0.15, 0.2) is 0 Å². The molecule has 1 aromatic rings. The monoisotopic (exact) mass is 409 g/mol. The second-order valence-corrected chi connectivity index (χ2v) is 9.17. The molecule has 2 N–H and O–H groups in total. The van der Waals surface area contributed by atoms with Crippen molar-refractivity contribution in [1.29, 1.82) is 0 Å². The zero-order chi connectivity index (χ0) is 20.1. The summed E-state index contributed by atoms with van der Waals surface area (Å²) in [4.78, 5) is 24.2. The summed E-state index contributed by atoms with van der Waals surface area (Å²) in [6, 6.07) is 6.35. The van der Waals surface area contributed by atoms with Gasteiger partial charge in [-0.05, 0) is 44.7 Å². The molecular formula is C19H27N3O5S. The molecule has 0 spiro atoms. The van der Waals surface area contributed by atoms with Gasteiger partial charge in [-0.15, -0.1) is 0 Å². The van der Waals surface area contributed by atoms with E-state index in [0.717, 1.165) is 24.8 Å². The molecule has 1 aromatic carbocycles. The Hall–Kier alpha value is -1.97. The first kappa shape index (κ1) is 20.8. The van der Waals surface area contributed by atoms with E-state index in [1.807, 2.05) is 6.92 Å². The predicted molar refractivity (Wildman–Crippen MR) is 103 cm³/mol. The Morgan fingerprint density at radius 1 is 1.07 bits per heavy atom. The molecule has 0 bridgehead atoms. The van der Waals surface area contributed by atoms with E-state index in [0.29, 0.717) is 26.1 Å². The molecule has 2 atom stereocenters. The minimum absolute atomic E-state index is 0.0401. The fraction of sp³-hybridized carbons (Fsp3) is 0.579. The van der Waals surface area contributed by atoms with Crippen molar-refractivity contribution in [1.82, 2.24) is 14.9 Å². The van der Waals surface area contributed by atoms with Crippen LogP contribution in [0.1, 0.15) is 31.2 Å². The SMILES string of the molecule is Cc1ccc(S(=O)(=O)N2CCC[C@H]2CNC(=O)C(=O)NC[C@@H]2CCCO2)cc1. The second kappa shape index (κ2) is 9.02. The molecule has 8 nitrogen and oxygen atoms in total. The zero-order valence-electron chi connectivity index (χ0n) is 16.0. The number of amides is 2. The summed E-state index contributed by atoms with van der Waals surface area (Å²) in [5.74, 6) is -1.47. The highest BCUT2D eigenvalue weighted by molar-refractivity contribution is 7.89. The predicted octanol–water partition coefficient (Wildman–Crippen LogP) is 0.560. The molecule has 2 saturated heterocycles. The summed E-state index contributed by atoms with van der Waals surface area (Å²) < 4.78 is 32.6. The highest BCUT2D eigenvalue weighted by atomic mass is 32.2. The van der Waals surface area contributed by atoms with Crippen molar-refractivity contribution in [3.8, 4) is 0 Å². The van der Waals surface area contributed by atoms with Crippen molar-refractivity contribution in [3.63, 3.8) is 0 Å². The molecule has 0 aromatic heterocycles. The van der Waals surface area contributed by atoms with Crippen LogP contribution in [0, 0.1) is 6.92 Å². The number of benzene rings is 1. The maximum atomic E-state index is 12.9. The molecule has 154 valence electrons. The number of hydrogen-bond acceptors (Lipinski definition) is 5. The molecule has 0 saturated carbocycles. The van der Waals surface area contributed by atoms with Crippen LogP contribution in [0.5, 0.6) is 0 Å². The van der Waals surface area contributed by atoms with Crippen molar-refractivity contribution >= 4 is 21.8 Å². The second-order valence-electron chi connectivity index (χ2n) is 7.28. The summed E-state index contributed by atoms with van der Waals surface area (Å²) in [5.41, 5.74) is 0.984. The van der Waals surface area contributed by atoms with E-state index in [-0.39, 0.29) is 23.6 Å². The number of hydrogen-bond donors (Lipinski definition) is 2. The molecular weight excluding hydrogens is 382 g/mol. The summed E-state index contributed by atoms with van der Waals surface area (Å²) in [5, 5.41) is 5.13. The van der Waals surface area contributed by atoms with Gasteiger partial charge in [0, 0.05) is 32.3 Å². The van der Waals surface area contributed by atoms with Crippen molar-refractivity contribution in [2.45, 2.75) is 49.6 Å². The molecule has 0 unspecified atom stereocenters. The van der Waals surface area contributed by atoms with Gasteiger partial charge in [-0.2, -0.15) is 4.31 Å². The van der Waals surface area contributed by atoms with Gasteiger partial charge < -0.3 is 15.4 Å². The van der Waals surface area contributed by atoms with Gasteiger partial charge in [-0.25, -0.2) is 8.42 Å². The summed E-state index contributed by atoms with van der Waals surface area (Å²) in [6.07, 6.45) is 3.15. The Bertz CT molecular complexity index is 803. The number of rotatable bonds is 6. The van der Waals surface area contributed by atoms with E-state index in [1.54, 1.807) is 24.3 Å². The molecule has 9 heteroatoms. The summed E-state index contributed by atoms with van der Waals surface area (Å²) in [7, 11) is -3.63. The van der Waals surface area contributed by atoms with Crippen molar-refractivity contribution in [2.75, 3.05) is 26.2 Å². The minimum atomic E-state index is -3.63. The smallest absolute Gasteiger partial charge is 0.309 e. The van der Waals surface area contributed by atoms with Gasteiger partial charge >= 0.3 is 11.8 Å². The van der Waals surface area contributed by atoms with Crippen LogP contribution in [-0.4, -0.2) is 62.9 Å². The van der Waals surface area contributed by atoms with Gasteiger partial charge in [-0.1, -0.05) is 17.7 Å². The number of nitrogens with zero attached hydrogens (tertiary/aromatic N) is 1. The van der Waals surface area contributed by atoms with E-state index >= 15 is 0 Å². The van der Waals surface area contributed by atoms with Crippen molar-refractivity contribution in [2.24, 2.45) is 0 Å². The van der Waals surface area contributed by atoms with E-state index in [1.165, 1.54) is 4.31 Å². The van der Waals surface area contributed by atoms with Gasteiger partial charge in [-0.3, -0.25) is 9.59 Å². The number of ether oxygens (including phenoxy) is 1. The number of sulfonamides is 1. The Morgan fingerprint density at radius 2 is 1.75 bits per heavy atom. The fourth-order valence-corrected chi connectivity index (χ4v) is 5.25. The van der Waals surface area contributed by atoms with Gasteiger partial charge in [0.2, 0.25) is 10.0 Å². The summed E-state index contributed by atoms with van der Waals surface area (Å²) >= 11 is 0. The normalized spacial score (nSPS) is 22.9. The largest absolute Gasteiger partial charge is 0.376 e. The Labute approximate surface area is 165 Å². The fourth-order valence-electron chi connectivity index (χ4n) is 3.56. The van der Waals surface area contributed by atoms with Crippen LogP contribution >= 0.6 is 0 Å².